The molecule has 0 amide bonds. The van der Waals surface area contributed by atoms with Gasteiger partial charge in [-0.05, 0) is 13.8 Å². The third-order valence-corrected chi connectivity index (χ3v) is 1.81. The molecule has 0 aromatic rings. The van der Waals surface area contributed by atoms with E-state index in [1.807, 2.05) is 0 Å². The van der Waals surface area contributed by atoms with Crippen LogP contribution in [0, 0.1) is 0 Å². The normalized spacial score (nSPS) is 11.4. The van der Waals surface area contributed by atoms with Crippen LogP contribution >= 0.6 is 0 Å². The quantitative estimate of drug-likeness (QED) is 0.304. The molecular weight excluding hydrogens is 368 g/mol. The van der Waals surface area contributed by atoms with Crippen LogP contribution in [0.25, 0.3) is 0 Å². The molecule has 0 spiro atoms. The molecular formula is C12H28O6Te. The van der Waals surface area contributed by atoms with Crippen LogP contribution in [-0.2, 0) is 18.9 Å². The van der Waals surface area contributed by atoms with Crippen LogP contribution in [0.2, 0.25) is 0 Å². The van der Waals surface area contributed by atoms with E-state index in [1.54, 1.807) is 13.8 Å². The van der Waals surface area contributed by atoms with Crippen molar-refractivity contribution in [2.24, 2.45) is 0 Å². The van der Waals surface area contributed by atoms with Gasteiger partial charge >= 0.3 is 23.7 Å². The molecule has 19 heavy (non-hydrogen) atoms. The van der Waals surface area contributed by atoms with Gasteiger partial charge in [0.2, 0.25) is 0 Å². The van der Waals surface area contributed by atoms with Gasteiger partial charge in [0, 0.05) is 0 Å². The molecule has 0 radical (unpaired) electrons. The van der Waals surface area contributed by atoms with E-state index in [0.29, 0.717) is 52.9 Å². The molecule has 0 aromatic carbocycles. The Hall–Kier alpha value is 0.550. The fraction of sp³-hybridized carbons (Fsp3) is 1.00. The van der Waals surface area contributed by atoms with Crippen molar-refractivity contribution in [1.82, 2.24) is 0 Å². The van der Waals surface area contributed by atoms with E-state index >= 15 is 0 Å². The van der Waals surface area contributed by atoms with Crippen LogP contribution in [0.5, 0.6) is 0 Å². The molecule has 0 bridgehead atoms. The molecule has 0 heterocycles. The van der Waals surface area contributed by atoms with Crippen LogP contribution < -0.4 is 0 Å². The minimum absolute atomic E-state index is 0. The van der Waals surface area contributed by atoms with E-state index in [1.165, 1.54) is 0 Å². The van der Waals surface area contributed by atoms with Crippen molar-refractivity contribution in [3.8, 4) is 0 Å². The van der Waals surface area contributed by atoms with Gasteiger partial charge in [0.1, 0.15) is 0 Å². The number of ether oxygens (including phenoxy) is 4. The van der Waals surface area contributed by atoms with E-state index in [2.05, 4.69) is 0 Å². The molecule has 0 atom stereocenters. The Balaban J connectivity index is 0. The van der Waals surface area contributed by atoms with Crippen LogP contribution in [0.3, 0.4) is 0 Å². The topological polar surface area (TPSA) is 77.4 Å². The first-order valence-corrected chi connectivity index (χ1v) is 6.20. The molecule has 6 nitrogen and oxygen atoms in total. The molecule has 0 aromatic heterocycles. The first kappa shape index (κ1) is 21.8. The van der Waals surface area contributed by atoms with Gasteiger partial charge in [0.25, 0.3) is 0 Å². The molecule has 0 saturated heterocycles. The standard InChI is InChI=1S/C12H26O6.H2Te/c1-12(2,14)11-18-10-9-17-8-7-16-6-5-15-4-3-13;/h13-14H,3-11H2,1-2H3;1H2. The summed E-state index contributed by atoms with van der Waals surface area (Å²) >= 11 is 0. The summed E-state index contributed by atoms with van der Waals surface area (Å²) < 4.78 is 20.7. The van der Waals surface area contributed by atoms with Crippen molar-refractivity contribution in [1.29, 1.82) is 0 Å². The van der Waals surface area contributed by atoms with Crippen molar-refractivity contribution in [3.05, 3.63) is 0 Å². The van der Waals surface area contributed by atoms with Crippen LogP contribution in [0.15, 0.2) is 0 Å². The third-order valence-electron chi connectivity index (χ3n) is 1.81. The van der Waals surface area contributed by atoms with Crippen LogP contribution in [0.4, 0.5) is 0 Å². The fourth-order valence-electron chi connectivity index (χ4n) is 1.05. The molecule has 0 rings (SSSR count). The van der Waals surface area contributed by atoms with Gasteiger partial charge in [-0.2, -0.15) is 0 Å². The molecule has 7 heteroatoms. The summed E-state index contributed by atoms with van der Waals surface area (Å²) in [7, 11) is 0. The van der Waals surface area contributed by atoms with Gasteiger partial charge in [-0.15, -0.1) is 0 Å². The Morgan fingerprint density at radius 3 is 1.47 bits per heavy atom. The van der Waals surface area contributed by atoms with Gasteiger partial charge in [-0.25, -0.2) is 0 Å². The third kappa shape index (κ3) is 21.0. The van der Waals surface area contributed by atoms with E-state index in [-0.39, 0.29) is 30.3 Å². The van der Waals surface area contributed by atoms with E-state index < -0.39 is 5.60 Å². The Bertz CT molecular complexity index is 174. The minimum atomic E-state index is -0.794. The Morgan fingerprint density at radius 1 is 0.737 bits per heavy atom. The predicted octanol–water partition coefficient (Wildman–Crippen LogP) is -1.10. The van der Waals surface area contributed by atoms with Crippen LogP contribution in [0.1, 0.15) is 13.8 Å². The predicted molar refractivity (Wildman–Crippen MR) is 75.2 cm³/mol. The number of aliphatic hydroxyl groups excluding tert-OH is 1. The maximum absolute atomic E-state index is 9.37. The van der Waals surface area contributed by atoms with Gasteiger partial charge in [-0.3, -0.25) is 0 Å². The Labute approximate surface area is 132 Å². The van der Waals surface area contributed by atoms with Crippen molar-refractivity contribution in [2.75, 3.05) is 59.5 Å². The van der Waals surface area contributed by atoms with Crippen LogP contribution in [-0.4, -0.2) is 98.9 Å². The zero-order chi connectivity index (χ0) is 13.7. The zero-order valence-electron chi connectivity index (χ0n) is 11.9. The van der Waals surface area contributed by atoms with Crippen molar-refractivity contribution in [3.63, 3.8) is 0 Å². The summed E-state index contributed by atoms with van der Waals surface area (Å²) in [5.41, 5.74) is -0.794. The fourth-order valence-corrected chi connectivity index (χ4v) is 1.05. The molecule has 0 unspecified atom stereocenters. The average molecular weight is 396 g/mol. The van der Waals surface area contributed by atoms with Crippen molar-refractivity contribution < 1.29 is 29.2 Å². The summed E-state index contributed by atoms with van der Waals surface area (Å²) in [5, 5.41) is 17.8. The van der Waals surface area contributed by atoms with Gasteiger partial charge in [-0.1, -0.05) is 0 Å². The van der Waals surface area contributed by atoms with Gasteiger partial charge in [0.15, 0.2) is 0 Å². The summed E-state index contributed by atoms with van der Waals surface area (Å²) in [4.78, 5) is 0. The molecule has 118 valence electrons. The molecule has 0 fully saturated rings. The van der Waals surface area contributed by atoms with E-state index in [4.69, 9.17) is 24.1 Å². The molecule has 0 aliphatic heterocycles. The van der Waals surface area contributed by atoms with E-state index in [9.17, 15) is 5.11 Å². The second kappa shape index (κ2) is 14.9. The first-order chi connectivity index (χ1) is 8.56. The summed E-state index contributed by atoms with van der Waals surface area (Å²) in [6.07, 6.45) is 0. The Kier molecular flexibility index (Phi) is 17.2. The van der Waals surface area contributed by atoms with Crippen molar-refractivity contribution >= 4 is 23.7 Å². The van der Waals surface area contributed by atoms with E-state index in [0.717, 1.165) is 0 Å². The monoisotopic (exact) mass is 398 g/mol. The summed E-state index contributed by atoms with van der Waals surface area (Å²) in [5.74, 6) is 0. The molecule has 0 aliphatic rings. The van der Waals surface area contributed by atoms with Gasteiger partial charge in [0.05, 0.1) is 65.1 Å². The first-order valence-electron chi connectivity index (χ1n) is 6.20. The second-order valence-corrected chi connectivity index (χ2v) is 4.43. The second-order valence-electron chi connectivity index (χ2n) is 4.43. The maximum atomic E-state index is 9.37. The number of hydrogen-bond acceptors (Lipinski definition) is 6. The summed E-state index contributed by atoms with van der Waals surface area (Å²) in [6, 6.07) is 0. The molecule has 0 aliphatic carbocycles. The van der Waals surface area contributed by atoms with Crippen molar-refractivity contribution in [2.45, 2.75) is 19.4 Å². The number of aliphatic hydroxyl groups is 2. The number of hydrogen-bond donors (Lipinski definition) is 2. The zero-order valence-corrected chi connectivity index (χ0v) is 14.7. The Morgan fingerprint density at radius 2 is 1.11 bits per heavy atom. The molecule has 2 N–H and O–H groups in total. The SMILES string of the molecule is CC(C)(O)COCCOCCOCCOCCO.[TeH2]. The average Bonchev–Trinajstić information content (AvgIpc) is 2.29. The number of rotatable bonds is 13. The van der Waals surface area contributed by atoms with Gasteiger partial charge < -0.3 is 29.2 Å². The summed E-state index contributed by atoms with van der Waals surface area (Å²) in [6.45, 7) is 7.01. The molecule has 0 saturated carbocycles.